The SMILES string of the molecule is CCOc1ccc([C@@H]2C(C(=O)OC)=C(C)NC3=C2C(=O)C[C@@H](c2ccc(OC)cc2)C3)cc1. The first-order valence-electron chi connectivity index (χ1n) is 11.2. The standard InChI is InChI=1S/C27H29NO5/c1-5-33-21-12-8-18(9-13-21)25-24(27(30)32-4)16(2)28-22-14-19(15-23(29)26(22)25)17-6-10-20(31-3)11-7-17/h6-13,19,25,28H,5,14-15H2,1-4H3/t19-,25+/m0/s1. The molecule has 172 valence electrons. The van der Waals surface area contributed by atoms with Gasteiger partial charge in [-0.3, -0.25) is 4.79 Å². The third-order valence-corrected chi connectivity index (χ3v) is 6.34. The van der Waals surface area contributed by atoms with Crippen molar-refractivity contribution in [3.8, 4) is 11.5 Å². The Labute approximate surface area is 194 Å². The van der Waals surface area contributed by atoms with E-state index in [1.54, 1.807) is 7.11 Å². The summed E-state index contributed by atoms with van der Waals surface area (Å²) < 4.78 is 15.9. The summed E-state index contributed by atoms with van der Waals surface area (Å²) in [4.78, 5) is 26.3. The zero-order valence-corrected chi connectivity index (χ0v) is 19.4. The van der Waals surface area contributed by atoms with Gasteiger partial charge in [-0.2, -0.15) is 0 Å². The van der Waals surface area contributed by atoms with Crippen LogP contribution in [-0.4, -0.2) is 32.6 Å². The van der Waals surface area contributed by atoms with Crippen LogP contribution in [-0.2, 0) is 14.3 Å². The molecule has 4 rings (SSSR count). The van der Waals surface area contributed by atoms with Crippen LogP contribution in [0.15, 0.2) is 71.1 Å². The number of carbonyl (C=O) groups excluding carboxylic acids is 2. The number of rotatable bonds is 6. The lowest BCUT2D eigenvalue weighted by molar-refractivity contribution is -0.136. The van der Waals surface area contributed by atoms with E-state index in [-0.39, 0.29) is 11.7 Å². The van der Waals surface area contributed by atoms with Crippen molar-refractivity contribution in [1.82, 2.24) is 5.32 Å². The zero-order valence-electron chi connectivity index (χ0n) is 19.4. The average molecular weight is 448 g/mol. The predicted molar refractivity (Wildman–Crippen MR) is 125 cm³/mol. The number of dihydropyridines is 1. The van der Waals surface area contributed by atoms with Crippen LogP contribution in [0.1, 0.15) is 49.7 Å². The topological polar surface area (TPSA) is 73.9 Å². The highest BCUT2D eigenvalue weighted by molar-refractivity contribution is 6.04. The number of allylic oxidation sites excluding steroid dienone is 3. The quantitative estimate of drug-likeness (QED) is 0.651. The maximum Gasteiger partial charge on any atom is 0.336 e. The second-order valence-corrected chi connectivity index (χ2v) is 8.28. The Morgan fingerprint density at radius 1 is 0.970 bits per heavy atom. The number of hydrogen-bond donors (Lipinski definition) is 1. The summed E-state index contributed by atoms with van der Waals surface area (Å²) in [6, 6.07) is 15.4. The van der Waals surface area contributed by atoms with Crippen LogP contribution in [0.3, 0.4) is 0 Å². The lowest BCUT2D eigenvalue weighted by Gasteiger charge is -2.36. The van der Waals surface area contributed by atoms with E-state index in [9.17, 15) is 9.59 Å². The summed E-state index contributed by atoms with van der Waals surface area (Å²) in [5, 5.41) is 3.36. The first-order chi connectivity index (χ1) is 16.0. The monoisotopic (exact) mass is 447 g/mol. The minimum absolute atomic E-state index is 0.0392. The summed E-state index contributed by atoms with van der Waals surface area (Å²) >= 11 is 0. The summed E-state index contributed by atoms with van der Waals surface area (Å²) in [5.74, 6) is 0.720. The molecule has 33 heavy (non-hydrogen) atoms. The number of ether oxygens (including phenoxy) is 3. The summed E-state index contributed by atoms with van der Waals surface area (Å²) in [6.07, 6.45) is 1.07. The highest BCUT2D eigenvalue weighted by Crippen LogP contribution is 2.46. The normalized spacial score (nSPS) is 20.2. The van der Waals surface area contributed by atoms with Gasteiger partial charge in [0.15, 0.2) is 5.78 Å². The van der Waals surface area contributed by atoms with Crippen molar-refractivity contribution >= 4 is 11.8 Å². The number of ketones is 1. The number of Topliss-reactive ketones (excluding diaryl/α,β-unsaturated/α-hetero) is 1. The number of nitrogens with one attached hydrogen (secondary N) is 1. The lowest BCUT2D eigenvalue weighted by atomic mass is 9.71. The van der Waals surface area contributed by atoms with Crippen LogP contribution in [0.2, 0.25) is 0 Å². The molecule has 0 bridgehead atoms. The van der Waals surface area contributed by atoms with Crippen molar-refractivity contribution in [2.45, 2.75) is 38.5 Å². The van der Waals surface area contributed by atoms with Crippen molar-refractivity contribution in [2.75, 3.05) is 20.8 Å². The van der Waals surface area contributed by atoms with E-state index in [0.717, 1.165) is 28.3 Å². The molecule has 1 heterocycles. The molecule has 0 aromatic heterocycles. The van der Waals surface area contributed by atoms with Gasteiger partial charge in [-0.1, -0.05) is 24.3 Å². The van der Waals surface area contributed by atoms with Crippen LogP contribution < -0.4 is 14.8 Å². The summed E-state index contributed by atoms with van der Waals surface area (Å²) in [6.45, 7) is 4.36. The molecule has 0 radical (unpaired) electrons. The van der Waals surface area contributed by atoms with E-state index in [2.05, 4.69) is 5.32 Å². The van der Waals surface area contributed by atoms with Gasteiger partial charge >= 0.3 is 5.97 Å². The van der Waals surface area contributed by atoms with Crippen molar-refractivity contribution in [3.63, 3.8) is 0 Å². The van der Waals surface area contributed by atoms with Crippen molar-refractivity contribution < 1.29 is 23.8 Å². The Balaban J connectivity index is 1.74. The van der Waals surface area contributed by atoms with E-state index in [0.29, 0.717) is 36.3 Å². The summed E-state index contributed by atoms with van der Waals surface area (Å²) in [7, 11) is 3.00. The Morgan fingerprint density at radius 2 is 1.61 bits per heavy atom. The van der Waals surface area contributed by atoms with E-state index < -0.39 is 11.9 Å². The molecule has 1 aliphatic carbocycles. The Morgan fingerprint density at radius 3 is 2.21 bits per heavy atom. The van der Waals surface area contributed by atoms with Crippen LogP contribution in [0.25, 0.3) is 0 Å². The molecule has 6 heteroatoms. The van der Waals surface area contributed by atoms with Gasteiger partial charge in [0.05, 0.1) is 26.4 Å². The highest BCUT2D eigenvalue weighted by Gasteiger charge is 2.41. The maximum absolute atomic E-state index is 13.5. The lowest BCUT2D eigenvalue weighted by Crippen LogP contribution is -2.36. The van der Waals surface area contributed by atoms with Gasteiger partial charge in [0.1, 0.15) is 11.5 Å². The molecular weight excluding hydrogens is 418 g/mol. The van der Waals surface area contributed by atoms with E-state index in [1.165, 1.54) is 7.11 Å². The van der Waals surface area contributed by atoms with E-state index in [1.807, 2.05) is 62.4 Å². The third kappa shape index (κ3) is 4.38. The number of carbonyl (C=O) groups is 2. The van der Waals surface area contributed by atoms with Crippen molar-refractivity contribution in [1.29, 1.82) is 0 Å². The fourth-order valence-corrected chi connectivity index (χ4v) is 4.79. The molecule has 2 aromatic carbocycles. The largest absolute Gasteiger partial charge is 0.497 e. The van der Waals surface area contributed by atoms with Gasteiger partial charge in [0, 0.05) is 29.3 Å². The van der Waals surface area contributed by atoms with E-state index >= 15 is 0 Å². The predicted octanol–water partition coefficient (Wildman–Crippen LogP) is 4.63. The fraction of sp³-hybridized carbons (Fsp3) is 0.333. The minimum Gasteiger partial charge on any atom is -0.497 e. The smallest absolute Gasteiger partial charge is 0.336 e. The van der Waals surface area contributed by atoms with Gasteiger partial charge in [0.2, 0.25) is 0 Å². The Kier molecular flexibility index (Phi) is 6.54. The number of hydrogen-bond acceptors (Lipinski definition) is 6. The third-order valence-electron chi connectivity index (χ3n) is 6.34. The Bertz CT molecular complexity index is 1110. The van der Waals surface area contributed by atoms with Gasteiger partial charge < -0.3 is 19.5 Å². The fourth-order valence-electron chi connectivity index (χ4n) is 4.79. The van der Waals surface area contributed by atoms with Gasteiger partial charge in [-0.25, -0.2) is 4.79 Å². The molecule has 2 aliphatic rings. The van der Waals surface area contributed by atoms with Crippen LogP contribution >= 0.6 is 0 Å². The molecule has 0 amide bonds. The first kappa shape index (κ1) is 22.6. The van der Waals surface area contributed by atoms with Gasteiger partial charge in [0.25, 0.3) is 0 Å². The molecule has 0 spiro atoms. The maximum atomic E-state index is 13.5. The van der Waals surface area contributed by atoms with Gasteiger partial charge in [-0.05, 0) is 61.6 Å². The van der Waals surface area contributed by atoms with Crippen molar-refractivity contribution in [2.24, 2.45) is 0 Å². The molecule has 1 N–H and O–H groups in total. The Hall–Kier alpha value is -3.54. The number of methoxy groups -OCH3 is 2. The summed E-state index contributed by atoms with van der Waals surface area (Å²) in [5.41, 5.74) is 4.66. The van der Waals surface area contributed by atoms with Crippen molar-refractivity contribution in [3.05, 3.63) is 82.2 Å². The van der Waals surface area contributed by atoms with Crippen LogP contribution in [0.5, 0.6) is 11.5 Å². The van der Waals surface area contributed by atoms with E-state index in [4.69, 9.17) is 14.2 Å². The minimum atomic E-state index is -0.478. The molecule has 2 atom stereocenters. The highest BCUT2D eigenvalue weighted by atomic mass is 16.5. The molecule has 0 fully saturated rings. The molecule has 0 saturated carbocycles. The molecule has 0 saturated heterocycles. The van der Waals surface area contributed by atoms with Crippen LogP contribution in [0.4, 0.5) is 0 Å². The molecule has 2 aromatic rings. The van der Waals surface area contributed by atoms with Gasteiger partial charge in [-0.15, -0.1) is 0 Å². The first-order valence-corrected chi connectivity index (χ1v) is 11.2. The number of benzene rings is 2. The molecule has 0 unspecified atom stereocenters. The molecule has 6 nitrogen and oxygen atoms in total. The molecular formula is C27H29NO5. The average Bonchev–Trinajstić information content (AvgIpc) is 2.83. The van der Waals surface area contributed by atoms with Crippen LogP contribution in [0, 0.1) is 0 Å². The number of esters is 1. The second-order valence-electron chi connectivity index (χ2n) is 8.28. The molecule has 1 aliphatic heterocycles. The second kappa shape index (κ2) is 9.53. The zero-order chi connectivity index (χ0) is 23.5.